The van der Waals surface area contributed by atoms with Gasteiger partial charge >= 0.3 is 5.97 Å². The fourth-order valence-electron chi connectivity index (χ4n) is 3.82. The number of aromatic nitrogens is 2. The summed E-state index contributed by atoms with van der Waals surface area (Å²) in [5.41, 5.74) is 5.81. The third kappa shape index (κ3) is 2.93. The SMILES string of the molecule is O=C(O)c1ccc2nc(-c3ccc4c(c3)CCN4)c(N3CCOCC3)nc2c1. The summed E-state index contributed by atoms with van der Waals surface area (Å²) in [7, 11) is 0. The number of ether oxygens (including phenoxy) is 1. The molecule has 7 heteroatoms. The average molecular weight is 376 g/mol. The molecule has 1 saturated heterocycles. The second-order valence-corrected chi connectivity index (χ2v) is 7.05. The number of morpholine rings is 1. The molecule has 7 nitrogen and oxygen atoms in total. The van der Waals surface area contributed by atoms with E-state index < -0.39 is 5.97 Å². The van der Waals surface area contributed by atoms with E-state index in [9.17, 15) is 9.90 Å². The lowest BCUT2D eigenvalue weighted by atomic mass is 10.0. The Balaban J connectivity index is 1.69. The van der Waals surface area contributed by atoms with E-state index in [1.165, 1.54) is 11.3 Å². The number of rotatable bonds is 3. The Morgan fingerprint density at radius 2 is 1.93 bits per heavy atom. The predicted molar refractivity (Wildman–Crippen MR) is 107 cm³/mol. The smallest absolute Gasteiger partial charge is 0.335 e. The molecule has 0 bridgehead atoms. The summed E-state index contributed by atoms with van der Waals surface area (Å²) >= 11 is 0. The Morgan fingerprint density at radius 1 is 1.07 bits per heavy atom. The van der Waals surface area contributed by atoms with Gasteiger partial charge in [0.2, 0.25) is 0 Å². The minimum absolute atomic E-state index is 0.214. The minimum atomic E-state index is -0.966. The standard InChI is InChI=1S/C21H20N4O3/c26-21(27)15-2-4-17-18(12-15)24-20(25-7-9-28-10-8-25)19(23-17)14-1-3-16-13(11-14)5-6-22-16/h1-4,11-12,22H,5-10H2,(H,26,27). The Morgan fingerprint density at radius 3 is 2.75 bits per heavy atom. The largest absolute Gasteiger partial charge is 0.478 e. The van der Waals surface area contributed by atoms with E-state index >= 15 is 0 Å². The summed E-state index contributed by atoms with van der Waals surface area (Å²) in [6.07, 6.45) is 0.999. The van der Waals surface area contributed by atoms with Gasteiger partial charge in [-0.2, -0.15) is 0 Å². The number of nitrogens with one attached hydrogen (secondary N) is 1. The lowest BCUT2D eigenvalue weighted by molar-refractivity contribution is 0.0697. The van der Waals surface area contributed by atoms with E-state index in [0.29, 0.717) is 24.2 Å². The molecular formula is C21H20N4O3. The molecule has 3 aromatic rings. The zero-order chi connectivity index (χ0) is 19.1. The van der Waals surface area contributed by atoms with Gasteiger partial charge in [-0.25, -0.2) is 14.8 Å². The predicted octanol–water partition coefficient (Wildman–Crippen LogP) is 2.80. The van der Waals surface area contributed by atoms with Gasteiger partial charge in [-0.1, -0.05) is 6.07 Å². The highest BCUT2D eigenvalue weighted by atomic mass is 16.5. The van der Waals surface area contributed by atoms with Crippen molar-refractivity contribution in [3.63, 3.8) is 0 Å². The van der Waals surface area contributed by atoms with Crippen molar-refractivity contribution in [2.75, 3.05) is 43.1 Å². The van der Waals surface area contributed by atoms with E-state index in [1.807, 2.05) is 0 Å². The van der Waals surface area contributed by atoms with Crippen molar-refractivity contribution in [3.05, 3.63) is 47.5 Å². The van der Waals surface area contributed by atoms with Crippen molar-refractivity contribution in [3.8, 4) is 11.3 Å². The minimum Gasteiger partial charge on any atom is -0.478 e. The molecule has 0 atom stereocenters. The fraction of sp³-hybridized carbons (Fsp3) is 0.286. The number of carbonyl (C=O) groups is 1. The third-order valence-corrected chi connectivity index (χ3v) is 5.29. The molecule has 2 aliphatic rings. The zero-order valence-electron chi connectivity index (χ0n) is 15.3. The highest BCUT2D eigenvalue weighted by molar-refractivity contribution is 5.93. The van der Waals surface area contributed by atoms with Gasteiger partial charge < -0.3 is 20.1 Å². The molecule has 2 aromatic carbocycles. The van der Waals surface area contributed by atoms with Gasteiger partial charge in [-0.05, 0) is 42.3 Å². The Kier molecular flexibility index (Phi) is 4.09. The van der Waals surface area contributed by atoms with Crippen LogP contribution in [0, 0.1) is 0 Å². The molecule has 28 heavy (non-hydrogen) atoms. The number of hydrogen-bond donors (Lipinski definition) is 2. The second-order valence-electron chi connectivity index (χ2n) is 7.05. The van der Waals surface area contributed by atoms with Crippen LogP contribution < -0.4 is 10.2 Å². The molecule has 0 amide bonds. The van der Waals surface area contributed by atoms with Gasteiger partial charge in [0.1, 0.15) is 5.69 Å². The van der Waals surface area contributed by atoms with Gasteiger partial charge in [0, 0.05) is 30.9 Å². The molecule has 2 aliphatic heterocycles. The van der Waals surface area contributed by atoms with Gasteiger partial charge in [0.15, 0.2) is 5.82 Å². The first-order chi connectivity index (χ1) is 13.7. The van der Waals surface area contributed by atoms with Crippen LogP contribution in [0.15, 0.2) is 36.4 Å². The summed E-state index contributed by atoms with van der Waals surface area (Å²) in [6, 6.07) is 11.2. The van der Waals surface area contributed by atoms with Gasteiger partial charge in [-0.15, -0.1) is 0 Å². The van der Waals surface area contributed by atoms with E-state index in [1.54, 1.807) is 18.2 Å². The number of benzene rings is 2. The maximum Gasteiger partial charge on any atom is 0.335 e. The average Bonchev–Trinajstić information content (AvgIpc) is 3.21. The summed E-state index contributed by atoms with van der Waals surface area (Å²) in [5, 5.41) is 12.7. The number of carboxylic acids is 1. The van der Waals surface area contributed by atoms with Crippen molar-refractivity contribution >= 4 is 28.5 Å². The molecule has 0 spiro atoms. The second kappa shape index (κ2) is 6.76. The van der Waals surface area contributed by atoms with Gasteiger partial charge in [0.25, 0.3) is 0 Å². The first-order valence-corrected chi connectivity index (χ1v) is 9.44. The summed E-state index contributed by atoms with van der Waals surface area (Å²) in [5.74, 6) is -0.184. The number of aromatic carboxylic acids is 1. The molecule has 1 fully saturated rings. The van der Waals surface area contributed by atoms with Gasteiger partial charge in [-0.3, -0.25) is 0 Å². The number of anilines is 2. The van der Waals surface area contributed by atoms with Crippen molar-refractivity contribution in [1.82, 2.24) is 9.97 Å². The topological polar surface area (TPSA) is 87.6 Å². The molecule has 0 aliphatic carbocycles. The van der Waals surface area contributed by atoms with Crippen LogP contribution in [0.1, 0.15) is 15.9 Å². The normalized spacial score (nSPS) is 16.1. The van der Waals surface area contributed by atoms with Crippen molar-refractivity contribution in [1.29, 1.82) is 0 Å². The summed E-state index contributed by atoms with van der Waals surface area (Å²) in [6.45, 7) is 3.71. The molecule has 0 saturated carbocycles. The van der Waals surface area contributed by atoms with Crippen LogP contribution in [0.2, 0.25) is 0 Å². The van der Waals surface area contributed by atoms with Crippen molar-refractivity contribution in [2.45, 2.75) is 6.42 Å². The maximum absolute atomic E-state index is 11.3. The highest BCUT2D eigenvalue weighted by Crippen LogP contribution is 2.34. The molecule has 2 N–H and O–H groups in total. The Hall–Kier alpha value is -3.19. The molecule has 142 valence electrons. The lowest BCUT2D eigenvalue weighted by Gasteiger charge is -2.29. The van der Waals surface area contributed by atoms with Crippen LogP contribution in [0.3, 0.4) is 0 Å². The Labute approximate surface area is 162 Å². The molecule has 0 radical (unpaired) electrons. The lowest BCUT2D eigenvalue weighted by Crippen LogP contribution is -2.37. The molecule has 5 rings (SSSR count). The molecule has 0 unspecified atom stereocenters. The summed E-state index contributed by atoms with van der Waals surface area (Å²) in [4.78, 5) is 23.2. The van der Waals surface area contributed by atoms with Gasteiger partial charge in [0.05, 0.1) is 29.8 Å². The van der Waals surface area contributed by atoms with E-state index in [-0.39, 0.29) is 5.56 Å². The number of hydrogen-bond acceptors (Lipinski definition) is 6. The fourth-order valence-corrected chi connectivity index (χ4v) is 3.82. The van der Waals surface area contributed by atoms with Crippen LogP contribution >= 0.6 is 0 Å². The van der Waals surface area contributed by atoms with E-state index in [0.717, 1.165) is 43.1 Å². The van der Waals surface area contributed by atoms with Crippen LogP contribution in [0.25, 0.3) is 22.3 Å². The first-order valence-electron chi connectivity index (χ1n) is 9.44. The highest BCUT2D eigenvalue weighted by Gasteiger charge is 2.21. The van der Waals surface area contributed by atoms with Crippen LogP contribution in [-0.2, 0) is 11.2 Å². The van der Waals surface area contributed by atoms with Crippen molar-refractivity contribution in [2.24, 2.45) is 0 Å². The zero-order valence-corrected chi connectivity index (χ0v) is 15.3. The van der Waals surface area contributed by atoms with E-state index in [2.05, 4.69) is 28.4 Å². The van der Waals surface area contributed by atoms with Crippen LogP contribution in [0.5, 0.6) is 0 Å². The van der Waals surface area contributed by atoms with Crippen molar-refractivity contribution < 1.29 is 14.6 Å². The molecular weight excluding hydrogens is 356 g/mol. The summed E-state index contributed by atoms with van der Waals surface area (Å²) < 4.78 is 5.49. The van der Waals surface area contributed by atoms with Crippen LogP contribution in [0.4, 0.5) is 11.5 Å². The Bertz CT molecular complexity index is 1080. The first kappa shape index (κ1) is 16.9. The van der Waals surface area contributed by atoms with E-state index in [4.69, 9.17) is 14.7 Å². The number of fused-ring (bicyclic) bond motifs is 2. The van der Waals surface area contributed by atoms with Crippen LogP contribution in [-0.4, -0.2) is 53.9 Å². The molecule has 1 aromatic heterocycles. The maximum atomic E-state index is 11.3. The molecule has 3 heterocycles. The number of carboxylic acid groups (broad SMARTS) is 1. The quantitative estimate of drug-likeness (QED) is 0.727. The number of nitrogens with zero attached hydrogens (tertiary/aromatic N) is 3. The monoisotopic (exact) mass is 376 g/mol. The third-order valence-electron chi connectivity index (χ3n) is 5.29.